The first-order chi connectivity index (χ1) is 17.8. The molecule has 1 amide bonds. The number of halogens is 2. The summed E-state index contributed by atoms with van der Waals surface area (Å²) in [6, 6.07) is 7.61. The number of hydrogen-bond acceptors (Lipinski definition) is 5. The lowest BCUT2D eigenvalue weighted by atomic mass is 10.0. The molecule has 0 aliphatic rings. The normalized spacial score (nSPS) is 12.9. The fourth-order valence-corrected chi connectivity index (χ4v) is 3.18. The molecule has 0 saturated carbocycles. The van der Waals surface area contributed by atoms with Crippen LogP contribution in [0.3, 0.4) is 0 Å². The number of nitrogens with one attached hydrogen (secondary N) is 1. The van der Waals surface area contributed by atoms with Crippen LogP contribution in [0.25, 0.3) is 12.2 Å². The first-order valence-electron chi connectivity index (χ1n) is 12.1. The predicted octanol–water partition coefficient (Wildman–Crippen LogP) is 7.93. The molecule has 206 valence electrons. The molecule has 3 N–H and O–H groups in total. The molecule has 0 aliphatic carbocycles. The summed E-state index contributed by atoms with van der Waals surface area (Å²) in [6.07, 6.45) is 10.3. The van der Waals surface area contributed by atoms with Crippen LogP contribution < -0.4 is 11.1 Å². The van der Waals surface area contributed by atoms with Gasteiger partial charge in [-0.3, -0.25) is 4.98 Å². The zero-order valence-corrected chi connectivity index (χ0v) is 24.8. The van der Waals surface area contributed by atoms with Crippen LogP contribution in [-0.4, -0.2) is 40.0 Å². The number of anilines is 2. The van der Waals surface area contributed by atoms with Gasteiger partial charge in [0, 0.05) is 31.7 Å². The van der Waals surface area contributed by atoms with Gasteiger partial charge in [0.1, 0.15) is 16.9 Å². The van der Waals surface area contributed by atoms with E-state index in [1.165, 1.54) is 4.90 Å². The van der Waals surface area contributed by atoms with E-state index in [9.17, 15) is 4.79 Å². The van der Waals surface area contributed by atoms with Crippen molar-refractivity contribution in [3.05, 3.63) is 77.1 Å². The molecule has 38 heavy (non-hydrogen) atoms. The van der Waals surface area contributed by atoms with Gasteiger partial charge in [0.2, 0.25) is 0 Å². The third-order valence-electron chi connectivity index (χ3n) is 4.54. The Morgan fingerprint density at radius 2 is 1.92 bits per heavy atom. The first-order valence-corrected chi connectivity index (χ1v) is 12.9. The van der Waals surface area contributed by atoms with Crippen LogP contribution in [0, 0.1) is 0 Å². The molecule has 0 saturated heterocycles. The molecular formula is C29H39Cl2N5O2. The second-order valence-corrected chi connectivity index (χ2v) is 10.4. The number of nitrogens with two attached hydrogens (primary N) is 1. The Bertz CT molecular complexity index is 1170. The highest BCUT2D eigenvalue weighted by atomic mass is 35.5. The van der Waals surface area contributed by atoms with Crippen LogP contribution in [0.2, 0.25) is 0 Å². The van der Waals surface area contributed by atoms with Gasteiger partial charge in [-0.15, -0.1) is 6.58 Å². The number of aromatic nitrogens is 1. The average molecular weight is 561 g/mol. The Morgan fingerprint density at radius 3 is 2.47 bits per heavy atom. The summed E-state index contributed by atoms with van der Waals surface area (Å²) >= 11 is 12.4. The smallest absolute Gasteiger partial charge is 0.410 e. The summed E-state index contributed by atoms with van der Waals surface area (Å²) in [6.45, 7) is 14.7. The van der Waals surface area contributed by atoms with Crippen molar-refractivity contribution in [3.63, 3.8) is 0 Å². The number of hydrogen-bond donors (Lipinski definition) is 2. The number of amidine groups is 1. The van der Waals surface area contributed by atoms with Crippen molar-refractivity contribution in [2.75, 3.05) is 18.1 Å². The van der Waals surface area contributed by atoms with Crippen LogP contribution >= 0.6 is 23.2 Å². The summed E-state index contributed by atoms with van der Waals surface area (Å²) in [7, 11) is 1.70. The van der Waals surface area contributed by atoms with Gasteiger partial charge in [-0.2, -0.15) is 0 Å². The quantitative estimate of drug-likeness (QED) is 0.118. The molecule has 1 aromatic carbocycles. The van der Waals surface area contributed by atoms with E-state index in [0.29, 0.717) is 23.1 Å². The largest absolute Gasteiger partial charge is 0.444 e. The number of ether oxygens (including phenoxy) is 1. The lowest BCUT2D eigenvalue weighted by Gasteiger charge is -2.25. The number of amides is 1. The molecule has 0 fully saturated rings. The van der Waals surface area contributed by atoms with E-state index in [0.717, 1.165) is 22.4 Å². The number of nitrogens with zero attached hydrogens (tertiary/aromatic N) is 3. The SMILES string of the molecule is C/C=C(Cl)\C(=N/C(C)Cl)Nc1ccc(CN(C)C(=O)OC(C)(C)C)c(/C=C/c2cncc(N)c2)c1.C=CC. The number of nitrogen functional groups attached to an aromatic ring is 1. The summed E-state index contributed by atoms with van der Waals surface area (Å²) < 4.78 is 5.49. The lowest BCUT2D eigenvalue weighted by Crippen LogP contribution is -2.34. The molecule has 0 radical (unpaired) electrons. The number of benzene rings is 1. The number of carbonyl (C=O) groups excluding carboxylic acids is 1. The van der Waals surface area contributed by atoms with E-state index in [1.807, 2.05) is 71.0 Å². The number of alkyl halides is 1. The summed E-state index contributed by atoms with van der Waals surface area (Å²) in [4.78, 5) is 22.5. The molecular weight excluding hydrogens is 521 g/mol. The fraction of sp³-hybridized carbons (Fsp3) is 0.345. The zero-order chi connectivity index (χ0) is 28.9. The van der Waals surface area contributed by atoms with Crippen molar-refractivity contribution in [2.24, 2.45) is 4.99 Å². The second kappa shape index (κ2) is 15.8. The molecule has 9 heteroatoms. The van der Waals surface area contributed by atoms with E-state index in [4.69, 9.17) is 33.7 Å². The Hall–Kier alpha value is -3.29. The van der Waals surface area contributed by atoms with E-state index < -0.39 is 17.2 Å². The Kier molecular flexibility index (Phi) is 13.7. The standard InChI is InChI=1S/C26H33Cl2N5O2.C3H6/c1-7-23(28)24(31-17(2)27)32-22-11-10-20(16-33(6)25(34)35-26(3,4)5)19(13-22)9-8-18-12-21(29)15-30-14-18;1-3-2/h7-15,17H,16,29H2,1-6H3,(H,31,32);3H,1H2,2H3/b9-8+,23-7+;. The molecule has 0 spiro atoms. The number of rotatable bonds is 7. The van der Waals surface area contributed by atoms with Crippen molar-refractivity contribution >= 4 is 58.7 Å². The van der Waals surface area contributed by atoms with Gasteiger partial charge in [0.05, 0.1) is 10.7 Å². The van der Waals surface area contributed by atoms with Crippen LogP contribution in [0.1, 0.15) is 58.2 Å². The third kappa shape index (κ3) is 12.3. The van der Waals surface area contributed by atoms with E-state index in [2.05, 4.69) is 21.9 Å². The summed E-state index contributed by atoms with van der Waals surface area (Å²) in [5.41, 5.74) is 8.80. The lowest BCUT2D eigenvalue weighted by molar-refractivity contribution is 0.0285. The van der Waals surface area contributed by atoms with Crippen LogP contribution in [0.4, 0.5) is 16.2 Å². The molecule has 0 bridgehead atoms. The topological polar surface area (TPSA) is 92.8 Å². The molecule has 1 atom stereocenters. The zero-order valence-electron chi connectivity index (χ0n) is 23.3. The molecule has 1 heterocycles. The van der Waals surface area contributed by atoms with Gasteiger partial charge in [-0.05, 0) is 76.4 Å². The van der Waals surface area contributed by atoms with E-state index >= 15 is 0 Å². The molecule has 2 rings (SSSR count). The maximum absolute atomic E-state index is 12.5. The van der Waals surface area contributed by atoms with Gasteiger partial charge < -0.3 is 20.7 Å². The van der Waals surface area contributed by atoms with Gasteiger partial charge in [0.25, 0.3) is 0 Å². The van der Waals surface area contributed by atoms with Crippen LogP contribution in [0.15, 0.2) is 65.4 Å². The Balaban J connectivity index is 0.00000229. The molecule has 7 nitrogen and oxygen atoms in total. The highest BCUT2D eigenvalue weighted by Crippen LogP contribution is 2.23. The van der Waals surface area contributed by atoms with Crippen molar-refractivity contribution < 1.29 is 9.53 Å². The first kappa shape index (κ1) is 32.7. The predicted molar refractivity (Wildman–Crippen MR) is 164 cm³/mol. The van der Waals surface area contributed by atoms with E-state index in [1.54, 1.807) is 38.5 Å². The van der Waals surface area contributed by atoms with Crippen molar-refractivity contribution in [3.8, 4) is 0 Å². The maximum Gasteiger partial charge on any atom is 0.410 e. The minimum absolute atomic E-state index is 0.347. The molecule has 0 aliphatic heterocycles. The van der Waals surface area contributed by atoms with Crippen molar-refractivity contribution in [1.29, 1.82) is 0 Å². The minimum Gasteiger partial charge on any atom is -0.444 e. The monoisotopic (exact) mass is 559 g/mol. The summed E-state index contributed by atoms with van der Waals surface area (Å²) in [5.74, 6) is 0.463. The maximum atomic E-state index is 12.5. The van der Waals surface area contributed by atoms with Gasteiger partial charge in [-0.25, -0.2) is 9.79 Å². The Labute approximate surface area is 237 Å². The number of aliphatic imine (C=N–C) groups is 1. The Morgan fingerprint density at radius 1 is 1.26 bits per heavy atom. The molecule has 1 aromatic heterocycles. The van der Waals surface area contributed by atoms with Crippen molar-refractivity contribution in [1.82, 2.24) is 9.88 Å². The minimum atomic E-state index is -0.580. The van der Waals surface area contributed by atoms with Gasteiger partial charge >= 0.3 is 6.09 Å². The third-order valence-corrected chi connectivity index (χ3v) is 5.04. The van der Waals surface area contributed by atoms with Gasteiger partial charge in [0.15, 0.2) is 0 Å². The number of allylic oxidation sites excluding steroid dienone is 2. The fourth-order valence-electron chi connectivity index (χ4n) is 2.99. The average Bonchev–Trinajstić information content (AvgIpc) is 2.82. The number of carbonyl (C=O) groups is 1. The van der Waals surface area contributed by atoms with E-state index in [-0.39, 0.29) is 0 Å². The highest BCUT2D eigenvalue weighted by molar-refractivity contribution is 6.45. The van der Waals surface area contributed by atoms with Crippen molar-refractivity contribution in [2.45, 2.75) is 59.2 Å². The second-order valence-electron chi connectivity index (χ2n) is 9.36. The van der Waals surface area contributed by atoms with Crippen LogP contribution in [-0.2, 0) is 11.3 Å². The number of pyridine rings is 1. The highest BCUT2D eigenvalue weighted by Gasteiger charge is 2.20. The van der Waals surface area contributed by atoms with Gasteiger partial charge in [-0.1, -0.05) is 53.6 Å². The molecule has 1 unspecified atom stereocenters. The van der Waals surface area contributed by atoms with Crippen LogP contribution in [0.5, 0.6) is 0 Å². The molecule has 2 aromatic rings. The summed E-state index contributed by atoms with van der Waals surface area (Å²) in [5, 5.41) is 3.69.